The molecular weight excluding hydrogens is 883 g/mol. The average molecular weight is 991 g/mol. The Hall–Kier alpha value is -2.38. The second-order valence-corrected chi connectivity index (χ2v) is 20.0. The van der Waals surface area contributed by atoms with E-state index < -0.39 is 67.4 Å². The first-order chi connectivity index (χ1) is 34.2. The molecule has 0 aromatic carbocycles. The highest BCUT2D eigenvalue weighted by atomic mass is 16.7. The van der Waals surface area contributed by atoms with Gasteiger partial charge >= 0.3 is 5.97 Å². The standard InChI is InChI=1S/C59H107NO10/c1-4-7-10-13-16-19-22-24-25-26-27-28-29-30-32-35-38-41-44-47-54(64)70-57-56(66)55(65)53(48-61)69-59(57)68-49-50(51(62)45-42-39-36-34-31-23-20-17-14-11-8-5-2)60-58(67)52(63)46-43-40-37-33-21-18-15-12-9-6-3/h15-16,18-19,24-25,42,45,50-53,55-57,59,61-63,65-66H,4-14,17,20-23,26-41,43-44,46-49H2,1-3H3,(H,60,67)/b18-15-,19-16-,25-24-,45-42+. The molecule has 6 N–H and O–H groups in total. The van der Waals surface area contributed by atoms with Crippen molar-refractivity contribution in [3.8, 4) is 0 Å². The van der Waals surface area contributed by atoms with E-state index >= 15 is 0 Å². The maximum atomic E-state index is 13.3. The molecule has 1 aliphatic heterocycles. The number of allylic oxidation sites excluding steroid dienone is 7. The second-order valence-electron chi connectivity index (χ2n) is 20.0. The van der Waals surface area contributed by atoms with E-state index in [0.717, 1.165) is 83.5 Å². The Morgan fingerprint density at radius 1 is 0.557 bits per heavy atom. The number of rotatable bonds is 48. The van der Waals surface area contributed by atoms with E-state index in [4.69, 9.17) is 14.2 Å². The minimum atomic E-state index is -1.61. The maximum Gasteiger partial charge on any atom is 0.306 e. The van der Waals surface area contributed by atoms with Crippen molar-refractivity contribution in [2.45, 2.75) is 301 Å². The number of hydrogen-bond acceptors (Lipinski definition) is 10. The molecule has 0 aromatic rings. The van der Waals surface area contributed by atoms with Gasteiger partial charge in [-0.2, -0.15) is 0 Å². The quantitative estimate of drug-likeness (QED) is 0.0196. The molecule has 1 fully saturated rings. The van der Waals surface area contributed by atoms with Crippen LogP contribution in [-0.2, 0) is 23.8 Å². The molecule has 408 valence electrons. The Morgan fingerprint density at radius 3 is 1.54 bits per heavy atom. The summed E-state index contributed by atoms with van der Waals surface area (Å²) in [6, 6.07) is -1.03. The van der Waals surface area contributed by atoms with E-state index in [2.05, 4.69) is 62.5 Å². The largest absolute Gasteiger partial charge is 0.454 e. The summed E-state index contributed by atoms with van der Waals surface area (Å²) in [6.45, 7) is 5.70. The Kier molecular flexibility index (Phi) is 44.6. The van der Waals surface area contributed by atoms with Gasteiger partial charge in [-0.05, 0) is 77.0 Å². The molecule has 0 spiro atoms. The number of amides is 1. The number of esters is 1. The van der Waals surface area contributed by atoms with Crippen LogP contribution in [0.1, 0.15) is 252 Å². The number of aliphatic hydroxyl groups excluding tert-OH is 5. The first-order valence-electron chi connectivity index (χ1n) is 28.9. The number of ether oxygens (including phenoxy) is 3. The van der Waals surface area contributed by atoms with Gasteiger partial charge in [0, 0.05) is 6.42 Å². The highest BCUT2D eigenvalue weighted by molar-refractivity contribution is 5.80. The summed E-state index contributed by atoms with van der Waals surface area (Å²) >= 11 is 0. The SMILES string of the molecule is CCCC/C=C\CCCCCCC(O)C(=O)NC(COC1OC(CO)C(O)C(O)C1OC(=O)CCCCCCCCCCC/C=C\C/C=C\CCCCC)C(O)/C=C/CCCCCCCCCCCC. The van der Waals surface area contributed by atoms with Crippen molar-refractivity contribution in [1.29, 1.82) is 0 Å². The number of carbonyl (C=O) groups is 2. The van der Waals surface area contributed by atoms with Gasteiger partial charge in [0.05, 0.1) is 25.4 Å². The molecule has 0 radical (unpaired) electrons. The zero-order valence-corrected chi connectivity index (χ0v) is 44.9. The molecule has 1 aliphatic rings. The van der Waals surface area contributed by atoms with Gasteiger partial charge in [0.15, 0.2) is 12.4 Å². The zero-order valence-electron chi connectivity index (χ0n) is 44.9. The van der Waals surface area contributed by atoms with Crippen molar-refractivity contribution < 1.29 is 49.3 Å². The van der Waals surface area contributed by atoms with Crippen LogP contribution in [0.15, 0.2) is 48.6 Å². The summed E-state index contributed by atoms with van der Waals surface area (Å²) in [6.07, 6.45) is 45.9. The van der Waals surface area contributed by atoms with Crippen LogP contribution in [0.4, 0.5) is 0 Å². The summed E-state index contributed by atoms with van der Waals surface area (Å²) < 4.78 is 17.6. The third-order valence-electron chi connectivity index (χ3n) is 13.5. The highest BCUT2D eigenvalue weighted by Crippen LogP contribution is 2.26. The smallest absolute Gasteiger partial charge is 0.306 e. The van der Waals surface area contributed by atoms with Crippen molar-refractivity contribution in [2.24, 2.45) is 0 Å². The Morgan fingerprint density at radius 2 is 1.00 bits per heavy atom. The summed E-state index contributed by atoms with van der Waals surface area (Å²) in [7, 11) is 0. The van der Waals surface area contributed by atoms with Gasteiger partial charge in [-0.25, -0.2) is 0 Å². The van der Waals surface area contributed by atoms with Crippen LogP contribution in [0.5, 0.6) is 0 Å². The van der Waals surface area contributed by atoms with E-state index in [9.17, 15) is 35.1 Å². The predicted molar refractivity (Wildman–Crippen MR) is 287 cm³/mol. The van der Waals surface area contributed by atoms with Crippen LogP contribution in [0.25, 0.3) is 0 Å². The minimum Gasteiger partial charge on any atom is -0.454 e. The van der Waals surface area contributed by atoms with Crippen LogP contribution in [0, 0.1) is 0 Å². The lowest BCUT2D eigenvalue weighted by Crippen LogP contribution is -2.61. The van der Waals surface area contributed by atoms with E-state index in [0.29, 0.717) is 12.8 Å². The van der Waals surface area contributed by atoms with Gasteiger partial charge in [-0.3, -0.25) is 9.59 Å². The molecule has 8 atom stereocenters. The molecule has 0 bridgehead atoms. The molecule has 11 heteroatoms. The van der Waals surface area contributed by atoms with Crippen LogP contribution in [0.2, 0.25) is 0 Å². The van der Waals surface area contributed by atoms with Gasteiger partial charge in [0.25, 0.3) is 0 Å². The molecule has 8 unspecified atom stereocenters. The topological polar surface area (TPSA) is 175 Å². The number of hydrogen-bond donors (Lipinski definition) is 6. The van der Waals surface area contributed by atoms with Crippen molar-refractivity contribution in [2.75, 3.05) is 13.2 Å². The number of unbranched alkanes of at least 4 members (excludes halogenated alkanes) is 28. The van der Waals surface area contributed by atoms with Crippen LogP contribution in [-0.4, -0.2) is 99.6 Å². The van der Waals surface area contributed by atoms with Crippen LogP contribution < -0.4 is 5.32 Å². The first-order valence-corrected chi connectivity index (χ1v) is 28.9. The van der Waals surface area contributed by atoms with Crippen molar-refractivity contribution in [3.05, 3.63) is 48.6 Å². The molecule has 11 nitrogen and oxygen atoms in total. The van der Waals surface area contributed by atoms with E-state index in [1.54, 1.807) is 6.08 Å². The number of nitrogens with one attached hydrogen (secondary N) is 1. The third kappa shape index (κ3) is 35.7. The molecule has 0 saturated carbocycles. The van der Waals surface area contributed by atoms with Crippen LogP contribution in [0.3, 0.4) is 0 Å². The predicted octanol–water partition coefficient (Wildman–Crippen LogP) is 12.9. The summed E-state index contributed by atoms with van der Waals surface area (Å²) in [5, 5.41) is 56.7. The van der Waals surface area contributed by atoms with Crippen molar-refractivity contribution >= 4 is 11.9 Å². The average Bonchev–Trinajstić information content (AvgIpc) is 3.36. The van der Waals surface area contributed by atoms with Gasteiger partial charge in [0.1, 0.15) is 24.4 Å². The fourth-order valence-corrected chi connectivity index (χ4v) is 8.78. The van der Waals surface area contributed by atoms with E-state index in [1.807, 2.05) is 6.08 Å². The molecule has 0 aliphatic carbocycles. The Bertz CT molecular complexity index is 1320. The van der Waals surface area contributed by atoms with Crippen molar-refractivity contribution in [1.82, 2.24) is 5.32 Å². The number of carbonyl (C=O) groups excluding carboxylic acids is 2. The molecule has 1 amide bonds. The zero-order chi connectivity index (χ0) is 51.1. The molecule has 70 heavy (non-hydrogen) atoms. The van der Waals surface area contributed by atoms with E-state index in [1.165, 1.54) is 122 Å². The summed E-state index contributed by atoms with van der Waals surface area (Å²) in [4.78, 5) is 26.4. The van der Waals surface area contributed by atoms with Crippen molar-refractivity contribution in [3.63, 3.8) is 0 Å². The summed E-state index contributed by atoms with van der Waals surface area (Å²) in [5.74, 6) is -1.21. The molecule has 1 rings (SSSR count). The van der Waals surface area contributed by atoms with Gasteiger partial charge in [-0.1, -0.05) is 217 Å². The lowest BCUT2D eigenvalue weighted by atomic mass is 9.99. The Labute approximate surface area is 427 Å². The second kappa shape index (κ2) is 47.6. The maximum absolute atomic E-state index is 13.3. The normalized spacial score (nSPS) is 20.0. The van der Waals surface area contributed by atoms with Crippen LogP contribution >= 0.6 is 0 Å². The highest BCUT2D eigenvalue weighted by Gasteiger charge is 2.47. The van der Waals surface area contributed by atoms with Gasteiger partial charge in [0.2, 0.25) is 5.91 Å². The first kappa shape index (κ1) is 65.6. The van der Waals surface area contributed by atoms with Gasteiger partial charge < -0.3 is 45.1 Å². The fourth-order valence-electron chi connectivity index (χ4n) is 8.78. The third-order valence-corrected chi connectivity index (χ3v) is 13.5. The van der Waals surface area contributed by atoms with Gasteiger partial charge in [-0.15, -0.1) is 0 Å². The molecule has 0 aromatic heterocycles. The molecule has 1 saturated heterocycles. The lowest BCUT2D eigenvalue weighted by Gasteiger charge is -2.41. The summed E-state index contributed by atoms with van der Waals surface area (Å²) in [5.41, 5.74) is 0. The number of aliphatic hydroxyl groups is 5. The fraction of sp³-hybridized carbons (Fsp3) is 0.831. The lowest BCUT2D eigenvalue weighted by molar-refractivity contribution is -0.305. The Balaban J connectivity index is 2.69. The molecule has 1 heterocycles. The van der Waals surface area contributed by atoms with E-state index in [-0.39, 0.29) is 19.4 Å². The molecular formula is C59H107NO10. The minimum absolute atomic E-state index is 0.118. The monoisotopic (exact) mass is 990 g/mol.